The van der Waals surface area contributed by atoms with E-state index in [1.165, 1.54) is 36.9 Å². The normalized spacial score (nSPS) is 12.4. The van der Waals surface area contributed by atoms with Crippen molar-refractivity contribution in [1.82, 2.24) is 0 Å². The minimum absolute atomic E-state index is 0.0750. The van der Waals surface area contributed by atoms with Crippen molar-refractivity contribution in [2.45, 2.75) is 38.3 Å². The quantitative estimate of drug-likeness (QED) is 0.250. The van der Waals surface area contributed by atoms with E-state index in [9.17, 15) is 45.4 Å². The molecular weight excluding hydrogens is 531 g/mol. The van der Waals surface area contributed by atoms with Crippen LogP contribution < -0.4 is 4.90 Å². The van der Waals surface area contributed by atoms with E-state index in [0.29, 0.717) is 23.4 Å². The second-order valence-electron chi connectivity index (χ2n) is 8.94. The zero-order valence-corrected chi connectivity index (χ0v) is 20.8. The number of alkyl halides is 7. The summed E-state index contributed by atoms with van der Waals surface area (Å²) in [5.41, 5.74) is -6.53. The number of amides is 1. The third kappa shape index (κ3) is 5.98. The standard InChI is InChI=1S/C28H24F7NO3/c1-17-13-21(26(29,27(30,31)32)28(33,34)35)14-18(2)23(17)16-24(38)20-9-6-10-22(15-20)36(11-12-37)25(39)19-7-4-3-5-8-19/h3-10,13-15,37H,11-12,16H2,1-2H3. The summed E-state index contributed by atoms with van der Waals surface area (Å²) in [5, 5.41) is 9.48. The molecule has 3 aromatic carbocycles. The Morgan fingerprint density at radius 1 is 0.769 bits per heavy atom. The molecule has 3 rings (SSSR count). The average Bonchev–Trinajstić information content (AvgIpc) is 2.87. The van der Waals surface area contributed by atoms with Gasteiger partial charge in [-0.15, -0.1) is 0 Å². The number of aliphatic hydroxyl groups is 1. The summed E-state index contributed by atoms with van der Waals surface area (Å²) in [6.07, 6.45) is -12.9. The summed E-state index contributed by atoms with van der Waals surface area (Å²) in [6.45, 7) is 1.95. The maximum Gasteiger partial charge on any atom is 0.435 e. The zero-order chi connectivity index (χ0) is 29.2. The Balaban J connectivity index is 1.94. The Morgan fingerprint density at radius 2 is 1.31 bits per heavy atom. The highest BCUT2D eigenvalue weighted by atomic mass is 19.4. The summed E-state index contributed by atoms with van der Waals surface area (Å²) < 4.78 is 93.8. The van der Waals surface area contributed by atoms with E-state index in [-0.39, 0.29) is 35.4 Å². The molecule has 4 nitrogen and oxygen atoms in total. The van der Waals surface area contributed by atoms with Crippen LogP contribution in [0.4, 0.5) is 36.4 Å². The third-order valence-corrected chi connectivity index (χ3v) is 6.28. The van der Waals surface area contributed by atoms with Gasteiger partial charge in [0.25, 0.3) is 5.91 Å². The molecule has 0 aromatic heterocycles. The van der Waals surface area contributed by atoms with Crippen molar-refractivity contribution in [3.63, 3.8) is 0 Å². The van der Waals surface area contributed by atoms with Gasteiger partial charge in [0, 0.05) is 35.3 Å². The lowest BCUT2D eigenvalue weighted by molar-refractivity contribution is -0.348. The van der Waals surface area contributed by atoms with Crippen LogP contribution in [0.25, 0.3) is 0 Å². The molecule has 0 bridgehead atoms. The van der Waals surface area contributed by atoms with Crippen LogP contribution in [-0.4, -0.2) is 42.3 Å². The van der Waals surface area contributed by atoms with Crippen molar-refractivity contribution in [1.29, 1.82) is 0 Å². The molecule has 0 unspecified atom stereocenters. The van der Waals surface area contributed by atoms with Gasteiger partial charge in [-0.05, 0) is 54.8 Å². The topological polar surface area (TPSA) is 57.6 Å². The number of nitrogens with zero attached hydrogens (tertiary/aromatic N) is 1. The SMILES string of the molecule is Cc1cc(C(F)(C(F)(F)F)C(F)(F)F)cc(C)c1CC(=O)c1cccc(N(CCO)C(=O)c2ccccc2)c1. The van der Waals surface area contributed by atoms with Crippen LogP contribution in [0.1, 0.15) is 43.0 Å². The van der Waals surface area contributed by atoms with Crippen molar-refractivity contribution in [3.05, 3.63) is 100 Å². The van der Waals surface area contributed by atoms with Crippen LogP contribution >= 0.6 is 0 Å². The van der Waals surface area contributed by atoms with Gasteiger partial charge >= 0.3 is 18.0 Å². The number of Topliss-reactive ketones (excluding diaryl/α,β-unsaturated/α-hetero) is 1. The first kappa shape index (κ1) is 29.8. The first-order valence-corrected chi connectivity index (χ1v) is 11.7. The minimum Gasteiger partial charge on any atom is -0.395 e. The Kier molecular flexibility index (Phi) is 8.54. The molecule has 1 amide bonds. The molecule has 0 radical (unpaired) electrons. The molecule has 0 fully saturated rings. The highest BCUT2D eigenvalue weighted by Crippen LogP contribution is 2.53. The van der Waals surface area contributed by atoms with Gasteiger partial charge in [0.15, 0.2) is 5.78 Å². The molecule has 0 atom stereocenters. The summed E-state index contributed by atoms with van der Waals surface area (Å²) in [5.74, 6) is -0.967. The van der Waals surface area contributed by atoms with Crippen molar-refractivity contribution >= 4 is 17.4 Å². The number of carbonyl (C=O) groups is 2. The second kappa shape index (κ2) is 11.2. The number of aryl methyl sites for hydroxylation is 2. The van der Waals surface area contributed by atoms with E-state index in [0.717, 1.165) is 0 Å². The fourth-order valence-electron chi connectivity index (χ4n) is 4.25. The van der Waals surface area contributed by atoms with E-state index in [4.69, 9.17) is 0 Å². The van der Waals surface area contributed by atoms with E-state index in [1.807, 2.05) is 0 Å². The number of ketones is 1. The van der Waals surface area contributed by atoms with Crippen LogP contribution in [0, 0.1) is 13.8 Å². The molecule has 39 heavy (non-hydrogen) atoms. The lowest BCUT2D eigenvalue weighted by Crippen LogP contribution is -2.50. The second-order valence-corrected chi connectivity index (χ2v) is 8.94. The predicted molar refractivity (Wildman–Crippen MR) is 130 cm³/mol. The van der Waals surface area contributed by atoms with Gasteiger partial charge in [-0.2, -0.15) is 26.3 Å². The first-order chi connectivity index (χ1) is 18.1. The Labute approximate surface area is 219 Å². The van der Waals surface area contributed by atoms with Crippen molar-refractivity contribution in [3.8, 4) is 0 Å². The number of benzene rings is 3. The molecule has 3 aromatic rings. The maximum absolute atomic E-state index is 14.6. The van der Waals surface area contributed by atoms with E-state index in [1.54, 1.807) is 36.4 Å². The number of halogens is 7. The summed E-state index contributed by atoms with van der Waals surface area (Å²) >= 11 is 0. The Bertz CT molecular complexity index is 1310. The fraction of sp³-hybridized carbons (Fsp3) is 0.286. The number of aliphatic hydroxyl groups excluding tert-OH is 1. The fourth-order valence-corrected chi connectivity index (χ4v) is 4.25. The van der Waals surface area contributed by atoms with Crippen molar-refractivity contribution < 1.29 is 45.4 Å². The van der Waals surface area contributed by atoms with E-state index < -0.39 is 41.7 Å². The van der Waals surface area contributed by atoms with Gasteiger partial charge in [-0.3, -0.25) is 9.59 Å². The van der Waals surface area contributed by atoms with Crippen molar-refractivity contribution in [2.75, 3.05) is 18.1 Å². The van der Waals surface area contributed by atoms with Crippen LogP contribution in [0.2, 0.25) is 0 Å². The molecule has 208 valence electrons. The summed E-state index contributed by atoms with van der Waals surface area (Å²) in [6, 6.07) is 15.0. The summed E-state index contributed by atoms with van der Waals surface area (Å²) in [4.78, 5) is 27.4. The predicted octanol–water partition coefficient (Wildman–Crippen LogP) is 6.66. The van der Waals surface area contributed by atoms with Gasteiger partial charge in [0.2, 0.25) is 0 Å². The van der Waals surface area contributed by atoms with Crippen LogP contribution in [-0.2, 0) is 12.1 Å². The lowest BCUT2D eigenvalue weighted by atomic mass is 9.87. The number of hydrogen-bond acceptors (Lipinski definition) is 3. The minimum atomic E-state index is -6.25. The van der Waals surface area contributed by atoms with Crippen molar-refractivity contribution in [2.24, 2.45) is 0 Å². The summed E-state index contributed by atoms with van der Waals surface area (Å²) in [7, 11) is 0. The highest BCUT2D eigenvalue weighted by molar-refractivity contribution is 6.07. The first-order valence-electron chi connectivity index (χ1n) is 11.7. The molecule has 0 saturated carbocycles. The van der Waals surface area contributed by atoms with E-state index >= 15 is 0 Å². The number of hydrogen-bond donors (Lipinski definition) is 1. The molecule has 0 aliphatic carbocycles. The van der Waals surface area contributed by atoms with Gasteiger partial charge in [-0.25, -0.2) is 4.39 Å². The molecule has 0 spiro atoms. The van der Waals surface area contributed by atoms with Gasteiger partial charge in [-0.1, -0.05) is 42.5 Å². The monoisotopic (exact) mass is 555 g/mol. The number of anilines is 1. The van der Waals surface area contributed by atoms with Crippen LogP contribution in [0.3, 0.4) is 0 Å². The highest BCUT2D eigenvalue weighted by Gasteiger charge is 2.73. The van der Waals surface area contributed by atoms with Gasteiger partial charge in [0.1, 0.15) is 0 Å². The largest absolute Gasteiger partial charge is 0.435 e. The zero-order valence-electron chi connectivity index (χ0n) is 20.8. The lowest BCUT2D eigenvalue weighted by Gasteiger charge is -2.31. The molecule has 0 saturated heterocycles. The molecule has 11 heteroatoms. The van der Waals surface area contributed by atoms with Crippen LogP contribution in [0.15, 0.2) is 66.7 Å². The van der Waals surface area contributed by atoms with E-state index in [2.05, 4.69) is 0 Å². The molecule has 1 N–H and O–H groups in total. The Morgan fingerprint density at radius 3 is 1.82 bits per heavy atom. The van der Waals surface area contributed by atoms with Gasteiger partial charge < -0.3 is 10.0 Å². The molecule has 0 heterocycles. The smallest absolute Gasteiger partial charge is 0.395 e. The molecular formula is C28H24F7NO3. The van der Waals surface area contributed by atoms with Gasteiger partial charge in [0.05, 0.1) is 6.61 Å². The number of carbonyl (C=O) groups excluding carboxylic acids is 2. The Hall–Kier alpha value is -3.73. The maximum atomic E-state index is 14.6. The van der Waals surface area contributed by atoms with Crippen LogP contribution in [0.5, 0.6) is 0 Å². The number of rotatable bonds is 8. The average molecular weight is 555 g/mol. The third-order valence-electron chi connectivity index (χ3n) is 6.28. The molecule has 0 aliphatic rings. The molecule has 0 aliphatic heterocycles.